The molecule has 26 heavy (non-hydrogen) atoms. The van der Waals surface area contributed by atoms with Crippen molar-refractivity contribution in [1.82, 2.24) is 24.7 Å². The lowest BCUT2D eigenvalue weighted by atomic mass is 10.1. The maximum absolute atomic E-state index is 12.6. The standard InChI is InChI=1S/C17H19N5O4/c1-25-8-7-18-16(23)10-21-17(24)15-9-14(20-22(15)11-19-21)12-3-5-13(26-2)6-4-12/h3-6,9,11H,7-8,10H2,1-2H3,(H,18,23). The van der Waals surface area contributed by atoms with Crippen molar-refractivity contribution in [3.63, 3.8) is 0 Å². The number of methoxy groups -OCH3 is 2. The Labute approximate surface area is 149 Å². The highest BCUT2D eigenvalue weighted by Crippen LogP contribution is 2.21. The third kappa shape index (κ3) is 3.72. The number of hydrogen-bond acceptors (Lipinski definition) is 6. The van der Waals surface area contributed by atoms with Gasteiger partial charge in [-0.3, -0.25) is 9.59 Å². The molecule has 136 valence electrons. The highest BCUT2D eigenvalue weighted by molar-refractivity contribution is 5.75. The number of carbonyl (C=O) groups is 1. The smallest absolute Gasteiger partial charge is 0.293 e. The minimum Gasteiger partial charge on any atom is -0.497 e. The molecule has 0 fully saturated rings. The lowest BCUT2D eigenvalue weighted by molar-refractivity contribution is -0.122. The lowest BCUT2D eigenvalue weighted by Gasteiger charge is -2.06. The number of carbonyl (C=O) groups excluding carboxylic acids is 1. The van der Waals surface area contributed by atoms with Crippen LogP contribution in [0.25, 0.3) is 16.8 Å². The SMILES string of the molecule is COCCNC(=O)Cn1ncn2nc(-c3ccc(OC)cc3)cc2c1=O. The van der Waals surface area contributed by atoms with Crippen molar-refractivity contribution in [3.8, 4) is 17.0 Å². The fraction of sp³-hybridized carbons (Fsp3) is 0.294. The van der Waals surface area contributed by atoms with E-state index < -0.39 is 0 Å². The predicted octanol–water partition coefficient (Wildman–Crippen LogP) is 0.329. The Balaban J connectivity index is 1.84. The van der Waals surface area contributed by atoms with E-state index in [1.807, 2.05) is 24.3 Å². The summed E-state index contributed by atoms with van der Waals surface area (Å²) in [5.41, 5.74) is 1.43. The number of nitrogens with zero attached hydrogens (tertiary/aromatic N) is 4. The fourth-order valence-corrected chi connectivity index (χ4v) is 2.44. The quantitative estimate of drug-likeness (QED) is 0.612. The summed E-state index contributed by atoms with van der Waals surface area (Å²) < 4.78 is 12.5. The van der Waals surface area contributed by atoms with E-state index in [9.17, 15) is 9.59 Å². The van der Waals surface area contributed by atoms with Gasteiger partial charge in [0.05, 0.1) is 19.4 Å². The Morgan fingerprint density at radius 2 is 2.00 bits per heavy atom. The molecule has 0 unspecified atom stereocenters. The van der Waals surface area contributed by atoms with E-state index in [4.69, 9.17) is 9.47 Å². The molecule has 3 aromatic rings. The number of amides is 1. The van der Waals surface area contributed by atoms with Crippen LogP contribution < -0.4 is 15.6 Å². The molecule has 2 aromatic heterocycles. The Morgan fingerprint density at radius 3 is 2.69 bits per heavy atom. The van der Waals surface area contributed by atoms with Crippen LogP contribution in [0.1, 0.15) is 0 Å². The summed E-state index contributed by atoms with van der Waals surface area (Å²) in [5, 5.41) is 11.0. The molecule has 9 heteroatoms. The van der Waals surface area contributed by atoms with E-state index >= 15 is 0 Å². The molecule has 0 aliphatic heterocycles. The number of benzene rings is 1. The molecule has 3 rings (SSSR count). The maximum atomic E-state index is 12.6. The van der Waals surface area contributed by atoms with Crippen LogP contribution in [0, 0.1) is 0 Å². The van der Waals surface area contributed by atoms with Gasteiger partial charge in [-0.2, -0.15) is 10.2 Å². The minimum absolute atomic E-state index is 0.165. The van der Waals surface area contributed by atoms with E-state index in [0.717, 1.165) is 16.0 Å². The molecule has 0 radical (unpaired) electrons. The zero-order valence-corrected chi connectivity index (χ0v) is 14.5. The summed E-state index contributed by atoms with van der Waals surface area (Å²) in [6, 6.07) is 9.03. The Kier molecular flexibility index (Phi) is 5.28. The number of ether oxygens (including phenoxy) is 2. The topological polar surface area (TPSA) is 99.8 Å². The Hall–Kier alpha value is -3.20. The van der Waals surface area contributed by atoms with Crippen LogP contribution in [-0.2, 0) is 16.1 Å². The van der Waals surface area contributed by atoms with E-state index in [1.165, 1.54) is 10.8 Å². The largest absolute Gasteiger partial charge is 0.497 e. The molecular formula is C17H19N5O4. The van der Waals surface area contributed by atoms with Crippen molar-refractivity contribution in [2.45, 2.75) is 6.54 Å². The summed E-state index contributed by atoms with van der Waals surface area (Å²) in [5.74, 6) is 0.428. The number of rotatable bonds is 7. The van der Waals surface area contributed by atoms with Crippen LogP contribution in [0.15, 0.2) is 41.5 Å². The first kappa shape index (κ1) is 17.6. The Bertz CT molecular complexity index is 961. The van der Waals surface area contributed by atoms with Gasteiger partial charge in [0.2, 0.25) is 5.91 Å². The van der Waals surface area contributed by atoms with E-state index in [1.54, 1.807) is 20.3 Å². The molecule has 0 bridgehead atoms. The van der Waals surface area contributed by atoms with Crippen LogP contribution in [-0.4, -0.2) is 52.7 Å². The second-order valence-electron chi connectivity index (χ2n) is 5.52. The average molecular weight is 357 g/mol. The van der Waals surface area contributed by atoms with Crippen LogP contribution in [0.5, 0.6) is 5.75 Å². The van der Waals surface area contributed by atoms with Gasteiger partial charge in [0.1, 0.15) is 24.1 Å². The lowest BCUT2D eigenvalue weighted by Crippen LogP contribution is -2.35. The fourth-order valence-electron chi connectivity index (χ4n) is 2.44. The number of nitrogens with one attached hydrogen (secondary N) is 1. The zero-order chi connectivity index (χ0) is 18.5. The normalized spacial score (nSPS) is 10.8. The van der Waals surface area contributed by atoms with E-state index in [-0.39, 0.29) is 18.0 Å². The van der Waals surface area contributed by atoms with Crippen LogP contribution in [0.2, 0.25) is 0 Å². The van der Waals surface area contributed by atoms with Gasteiger partial charge in [0.25, 0.3) is 5.56 Å². The number of fused-ring (bicyclic) bond motifs is 1. The molecule has 1 N–H and O–H groups in total. The first-order chi connectivity index (χ1) is 12.6. The highest BCUT2D eigenvalue weighted by atomic mass is 16.5. The predicted molar refractivity (Wildman–Crippen MR) is 94.1 cm³/mol. The van der Waals surface area contributed by atoms with Gasteiger partial charge >= 0.3 is 0 Å². The average Bonchev–Trinajstić information content (AvgIpc) is 3.09. The third-order valence-electron chi connectivity index (χ3n) is 3.80. The molecular weight excluding hydrogens is 338 g/mol. The first-order valence-electron chi connectivity index (χ1n) is 7.98. The van der Waals surface area contributed by atoms with Gasteiger partial charge < -0.3 is 14.8 Å². The van der Waals surface area contributed by atoms with Crippen LogP contribution in [0.3, 0.4) is 0 Å². The Morgan fingerprint density at radius 1 is 1.23 bits per heavy atom. The van der Waals surface area contributed by atoms with Gasteiger partial charge in [-0.15, -0.1) is 0 Å². The van der Waals surface area contributed by atoms with Crippen LogP contribution >= 0.6 is 0 Å². The maximum Gasteiger partial charge on any atom is 0.293 e. The van der Waals surface area contributed by atoms with Crippen molar-refractivity contribution >= 4 is 11.4 Å². The van der Waals surface area contributed by atoms with Gasteiger partial charge in [0, 0.05) is 19.2 Å². The molecule has 0 atom stereocenters. The molecule has 0 saturated heterocycles. The molecule has 1 amide bonds. The molecule has 0 saturated carbocycles. The second kappa shape index (κ2) is 7.79. The van der Waals surface area contributed by atoms with Crippen molar-refractivity contribution in [1.29, 1.82) is 0 Å². The zero-order valence-electron chi connectivity index (χ0n) is 14.5. The third-order valence-corrected chi connectivity index (χ3v) is 3.80. The molecule has 9 nitrogen and oxygen atoms in total. The summed E-state index contributed by atoms with van der Waals surface area (Å²) >= 11 is 0. The minimum atomic E-state index is -0.387. The van der Waals surface area contributed by atoms with E-state index in [0.29, 0.717) is 24.4 Å². The number of hydrogen-bond donors (Lipinski definition) is 1. The molecule has 1 aromatic carbocycles. The molecule has 0 aliphatic rings. The second-order valence-corrected chi connectivity index (χ2v) is 5.52. The van der Waals surface area contributed by atoms with Crippen LogP contribution in [0.4, 0.5) is 0 Å². The van der Waals surface area contributed by atoms with Crippen molar-refractivity contribution in [3.05, 3.63) is 47.0 Å². The van der Waals surface area contributed by atoms with Crippen molar-refractivity contribution < 1.29 is 14.3 Å². The summed E-state index contributed by atoms with van der Waals surface area (Å²) in [6.07, 6.45) is 1.41. The van der Waals surface area contributed by atoms with Gasteiger partial charge in [-0.1, -0.05) is 0 Å². The van der Waals surface area contributed by atoms with Crippen molar-refractivity contribution in [2.24, 2.45) is 0 Å². The first-order valence-corrected chi connectivity index (χ1v) is 7.98. The monoisotopic (exact) mass is 357 g/mol. The molecule has 0 spiro atoms. The number of aromatic nitrogens is 4. The molecule has 0 aliphatic carbocycles. The summed E-state index contributed by atoms with van der Waals surface area (Å²) in [4.78, 5) is 24.4. The summed E-state index contributed by atoms with van der Waals surface area (Å²) in [7, 11) is 3.14. The molecule has 2 heterocycles. The summed E-state index contributed by atoms with van der Waals surface area (Å²) in [6.45, 7) is 0.615. The highest BCUT2D eigenvalue weighted by Gasteiger charge is 2.12. The van der Waals surface area contributed by atoms with E-state index in [2.05, 4.69) is 15.5 Å². The van der Waals surface area contributed by atoms with Gasteiger partial charge in [-0.25, -0.2) is 9.20 Å². The van der Waals surface area contributed by atoms with Gasteiger partial charge in [-0.05, 0) is 30.3 Å². The van der Waals surface area contributed by atoms with Crippen molar-refractivity contribution in [2.75, 3.05) is 27.4 Å². The van der Waals surface area contributed by atoms with Gasteiger partial charge in [0.15, 0.2) is 0 Å².